The molecule has 5 nitrogen and oxygen atoms in total. The summed E-state index contributed by atoms with van der Waals surface area (Å²) in [6, 6.07) is 7.26. The normalized spacial score (nSPS) is 15.5. The fourth-order valence-corrected chi connectivity index (χ4v) is 2.57. The first-order valence-corrected chi connectivity index (χ1v) is 7.48. The van der Waals surface area contributed by atoms with E-state index in [1.807, 2.05) is 12.1 Å². The number of amides is 1. The molecule has 0 spiro atoms. The van der Waals surface area contributed by atoms with Crippen molar-refractivity contribution < 1.29 is 14.7 Å². The van der Waals surface area contributed by atoms with Crippen LogP contribution in [0, 0.1) is 11.8 Å². The quantitative estimate of drug-likeness (QED) is 0.858. The van der Waals surface area contributed by atoms with Gasteiger partial charge in [-0.3, -0.25) is 14.6 Å². The SMILES string of the molecule is O=C(NCC(CC1CC1)C(=O)O)c1ccc2ccncc2c1. The first kappa shape index (κ1) is 14.5. The zero-order valence-electron chi connectivity index (χ0n) is 12.2. The predicted octanol–water partition coefficient (Wildman–Crippen LogP) is 2.47. The summed E-state index contributed by atoms with van der Waals surface area (Å²) >= 11 is 0. The van der Waals surface area contributed by atoms with Crippen LogP contribution in [0.2, 0.25) is 0 Å². The van der Waals surface area contributed by atoms with Crippen LogP contribution < -0.4 is 5.32 Å². The van der Waals surface area contributed by atoms with Gasteiger partial charge < -0.3 is 10.4 Å². The van der Waals surface area contributed by atoms with E-state index < -0.39 is 11.9 Å². The number of carboxylic acid groups (broad SMARTS) is 1. The van der Waals surface area contributed by atoms with Crippen molar-refractivity contribution in [3.05, 3.63) is 42.2 Å². The van der Waals surface area contributed by atoms with Crippen LogP contribution in [0.4, 0.5) is 0 Å². The molecule has 0 bridgehead atoms. The first-order chi connectivity index (χ1) is 10.6. The highest BCUT2D eigenvalue weighted by atomic mass is 16.4. The third kappa shape index (κ3) is 3.42. The second-order valence-corrected chi connectivity index (χ2v) is 5.86. The monoisotopic (exact) mass is 298 g/mol. The van der Waals surface area contributed by atoms with Crippen LogP contribution in [0.5, 0.6) is 0 Å². The summed E-state index contributed by atoms with van der Waals surface area (Å²) in [5.41, 5.74) is 0.524. The number of nitrogens with zero attached hydrogens (tertiary/aromatic N) is 1. The summed E-state index contributed by atoms with van der Waals surface area (Å²) in [6.07, 6.45) is 6.28. The zero-order chi connectivity index (χ0) is 15.5. The van der Waals surface area contributed by atoms with Crippen molar-refractivity contribution in [2.75, 3.05) is 6.54 Å². The number of fused-ring (bicyclic) bond motifs is 1. The molecule has 2 N–H and O–H groups in total. The summed E-state index contributed by atoms with van der Waals surface area (Å²) in [5, 5.41) is 13.9. The number of rotatable bonds is 6. The van der Waals surface area contributed by atoms with Gasteiger partial charge in [-0.05, 0) is 35.9 Å². The van der Waals surface area contributed by atoms with Crippen molar-refractivity contribution in [2.45, 2.75) is 19.3 Å². The molecule has 1 amide bonds. The second-order valence-electron chi connectivity index (χ2n) is 5.86. The van der Waals surface area contributed by atoms with Crippen LogP contribution >= 0.6 is 0 Å². The van der Waals surface area contributed by atoms with Crippen molar-refractivity contribution in [1.29, 1.82) is 0 Å². The number of pyridine rings is 1. The molecule has 1 aliphatic carbocycles. The highest BCUT2D eigenvalue weighted by molar-refractivity contribution is 5.98. The van der Waals surface area contributed by atoms with E-state index in [2.05, 4.69) is 10.3 Å². The van der Waals surface area contributed by atoms with E-state index in [9.17, 15) is 14.7 Å². The van der Waals surface area contributed by atoms with Crippen molar-refractivity contribution in [1.82, 2.24) is 10.3 Å². The fourth-order valence-electron chi connectivity index (χ4n) is 2.57. The van der Waals surface area contributed by atoms with Gasteiger partial charge in [-0.15, -0.1) is 0 Å². The number of carbonyl (C=O) groups is 2. The minimum Gasteiger partial charge on any atom is -0.481 e. The van der Waals surface area contributed by atoms with Gasteiger partial charge in [-0.1, -0.05) is 18.9 Å². The molecule has 0 radical (unpaired) electrons. The van der Waals surface area contributed by atoms with Gasteiger partial charge in [0.05, 0.1) is 5.92 Å². The molecule has 1 aromatic heterocycles. The number of carbonyl (C=O) groups excluding carboxylic acids is 1. The van der Waals surface area contributed by atoms with Crippen molar-refractivity contribution in [3.63, 3.8) is 0 Å². The zero-order valence-corrected chi connectivity index (χ0v) is 12.2. The molecule has 1 unspecified atom stereocenters. The number of hydrogen-bond donors (Lipinski definition) is 2. The predicted molar refractivity (Wildman–Crippen MR) is 82.5 cm³/mol. The van der Waals surface area contributed by atoms with Crippen LogP contribution in [0.25, 0.3) is 10.8 Å². The van der Waals surface area contributed by atoms with Gasteiger partial charge >= 0.3 is 5.97 Å². The van der Waals surface area contributed by atoms with E-state index in [0.29, 0.717) is 17.9 Å². The maximum Gasteiger partial charge on any atom is 0.308 e. The third-order valence-corrected chi connectivity index (χ3v) is 4.08. The van der Waals surface area contributed by atoms with E-state index in [-0.39, 0.29) is 12.5 Å². The van der Waals surface area contributed by atoms with Crippen LogP contribution in [-0.4, -0.2) is 28.5 Å². The molecule has 1 aromatic carbocycles. The Morgan fingerprint density at radius 3 is 2.82 bits per heavy atom. The fraction of sp³-hybridized carbons (Fsp3) is 0.353. The molecule has 5 heteroatoms. The number of aliphatic carboxylic acids is 1. The Bertz CT molecular complexity index is 710. The topological polar surface area (TPSA) is 79.3 Å². The van der Waals surface area contributed by atoms with Crippen LogP contribution in [-0.2, 0) is 4.79 Å². The molecule has 114 valence electrons. The molecule has 1 saturated carbocycles. The number of benzene rings is 1. The van der Waals surface area contributed by atoms with E-state index in [1.54, 1.807) is 24.5 Å². The first-order valence-electron chi connectivity index (χ1n) is 7.48. The molecule has 1 heterocycles. The van der Waals surface area contributed by atoms with Crippen LogP contribution in [0.3, 0.4) is 0 Å². The molecular formula is C17H18N2O3. The molecule has 22 heavy (non-hydrogen) atoms. The van der Waals surface area contributed by atoms with Crippen LogP contribution in [0.15, 0.2) is 36.7 Å². The highest BCUT2D eigenvalue weighted by Crippen LogP contribution is 2.35. The Kier molecular flexibility index (Phi) is 4.04. The smallest absolute Gasteiger partial charge is 0.308 e. The van der Waals surface area contributed by atoms with Gasteiger partial charge in [0.2, 0.25) is 0 Å². The lowest BCUT2D eigenvalue weighted by atomic mass is 10.0. The molecule has 0 aliphatic heterocycles. The van der Waals surface area contributed by atoms with E-state index in [4.69, 9.17) is 0 Å². The molecule has 1 aliphatic rings. The average Bonchev–Trinajstić information content (AvgIpc) is 3.34. The molecule has 3 rings (SSSR count). The third-order valence-electron chi connectivity index (χ3n) is 4.08. The lowest BCUT2D eigenvalue weighted by Crippen LogP contribution is -2.33. The molecular weight excluding hydrogens is 280 g/mol. The van der Waals surface area contributed by atoms with Gasteiger partial charge in [-0.25, -0.2) is 0 Å². The maximum atomic E-state index is 12.2. The summed E-state index contributed by atoms with van der Waals surface area (Å²) in [7, 11) is 0. The Morgan fingerprint density at radius 2 is 2.09 bits per heavy atom. The number of carboxylic acids is 1. The maximum absolute atomic E-state index is 12.2. The Hall–Kier alpha value is -2.43. The number of hydrogen-bond acceptors (Lipinski definition) is 3. The van der Waals surface area contributed by atoms with E-state index in [1.165, 1.54) is 0 Å². The van der Waals surface area contributed by atoms with E-state index >= 15 is 0 Å². The standard InChI is InChI=1S/C17H18N2O3/c20-16(19-10-15(17(21)22)7-11-1-2-11)13-4-3-12-5-6-18-9-14(12)8-13/h3-6,8-9,11,15H,1-2,7,10H2,(H,19,20)(H,21,22). The average molecular weight is 298 g/mol. The second kappa shape index (κ2) is 6.13. The lowest BCUT2D eigenvalue weighted by molar-refractivity contribution is -0.141. The molecule has 1 fully saturated rings. The highest BCUT2D eigenvalue weighted by Gasteiger charge is 2.29. The molecule has 1 atom stereocenters. The van der Waals surface area contributed by atoms with Crippen molar-refractivity contribution >= 4 is 22.6 Å². The summed E-state index contributed by atoms with van der Waals surface area (Å²) < 4.78 is 0. The minimum absolute atomic E-state index is 0.176. The van der Waals surface area contributed by atoms with Gasteiger partial charge in [0, 0.05) is 29.9 Å². The molecule has 0 saturated heterocycles. The Balaban J connectivity index is 1.65. The Labute approximate surface area is 128 Å². The number of nitrogens with one attached hydrogen (secondary N) is 1. The van der Waals surface area contributed by atoms with Gasteiger partial charge in [0.1, 0.15) is 0 Å². The van der Waals surface area contributed by atoms with Crippen molar-refractivity contribution in [3.8, 4) is 0 Å². The van der Waals surface area contributed by atoms with Gasteiger partial charge in [-0.2, -0.15) is 0 Å². The van der Waals surface area contributed by atoms with Crippen LogP contribution in [0.1, 0.15) is 29.6 Å². The summed E-state index contributed by atoms with van der Waals surface area (Å²) in [4.78, 5) is 27.5. The number of aromatic nitrogens is 1. The Morgan fingerprint density at radius 1 is 1.27 bits per heavy atom. The van der Waals surface area contributed by atoms with Crippen molar-refractivity contribution in [2.24, 2.45) is 11.8 Å². The summed E-state index contributed by atoms with van der Waals surface area (Å²) in [5.74, 6) is -1.06. The lowest BCUT2D eigenvalue weighted by Gasteiger charge is -2.13. The van der Waals surface area contributed by atoms with E-state index in [0.717, 1.165) is 23.6 Å². The minimum atomic E-state index is -0.838. The largest absolute Gasteiger partial charge is 0.481 e. The van der Waals surface area contributed by atoms with Gasteiger partial charge in [0.25, 0.3) is 5.91 Å². The van der Waals surface area contributed by atoms with Gasteiger partial charge in [0.15, 0.2) is 0 Å². The summed E-state index contributed by atoms with van der Waals surface area (Å²) in [6.45, 7) is 0.176. The molecule has 2 aromatic rings.